The van der Waals surface area contributed by atoms with Crippen LogP contribution in [0.4, 0.5) is 28.4 Å². The van der Waals surface area contributed by atoms with Crippen molar-refractivity contribution < 1.29 is 4.92 Å². The molecule has 5 rings (SSSR count). The maximum atomic E-state index is 10.8. The Morgan fingerprint density at radius 2 is 1.59 bits per heavy atom. The second kappa shape index (κ2) is 6.84. The van der Waals surface area contributed by atoms with E-state index in [0.717, 1.165) is 40.7 Å². The zero-order chi connectivity index (χ0) is 19.8. The zero-order valence-corrected chi connectivity index (χ0v) is 15.9. The number of hydrogen-bond donors (Lipinski definition) is 2. The predicted octanol–water partition coefficient (Wildman–Crippen LogP) is 6.66. The topological polar surface area (TPSA) is 91.9 Å². The second-order valence-corrected chi connectivity index (χ2v) is 7.73. The summed E-state index contributed by atoms with van der Waals surface area (Å²) in [7, 11) is 0. The van der Waals surface area contributed by atoms with Crippen molar-refractivity contribution in [3.8, 4) is 0 Å². The van der Waals surface area contributed by atoms with Crippen molar-refractivity contribution >= 4 is 39.2 Å². The largest absolute Gasteiger partial charge is 0.362 e. The Morgan fingerprint density at radius 1 is 0.862 bits per heavy atom. The van der Waals surface area contributed by atoms with Crippen LogP contribution in [0.15, 0.2) is 64.8 Å². The average Bonchev–Trinajstić information content (AvgIpc) is 2.74. The molecule has 1 aliphatic carbocycles. The van der Waals surface area contributed by atoms with Gasteiger partial charge in [0.2, 0.25) is 0 Å². The molecule has 0 unspecified atom stereocenters. The van der Waals surface area contributed by atoms with Crippen LogP contribution in [-0.2, 0) is 0 Å². The maximum Gasteiger partial charge on any atom is 0.269 e. The monoisotopic (exact) mass is 387 g/mol. The van der Waals surface area contributed by atoms with Crippen LogP contribution in [0.1, 0.15) is 32.1 Å². The molecule has 7 nitrogen and oxygen atoms in total. The highest BCUT2D eigenvalue weighted by molar-refractivity contribution is 6.09. The summed E-state index contributed by atoms with van der Waals surface area (Å²) >= 11 is 0. The van der Waals surface area contributed by atoms with E-state index in [-0.39, 0.29) is 11.4 Å². The molecule has 0 saturated heterocycles. The van der Waals surface area contributed by atoms with Gasteiger partial charge in [-0.15, -0.1) is 5.11 Å². The van der Waals surface area contributed by atoms with Crippen molar-refractivity contribution in [3.63, 3.8) is 0 Å². The van der Waals surface area contributed by atoms with E-state index in [0.29, 0.717) is 5.69 Å². The minimum atomic E-state index is -0.424. The second-order valence-electron chi connectivity index (χ2n) is 7.73. The van der Waals surface area contributed by atoms with Crippen molar-refractivity contribution in [3.05, 3.63) is 64.7 Å². The van der Waals surface area contributed by atoms with E-state index in [1.54, 1.807) is 12.1 Å². The highest BCUT2D eigenvalue weighted by atomic mass is 16.6. The van der Waals surface area contributed by atoms with Crippen molar-refractivity contribution in [1.29, 1.82) is 0 Å². The van der Waals surface area contributed by atoms with Crippen molar-refractivity contribution in [2.75, 3.05) is 10.6 Å². The number of benzene rings is 3. The molecule has 1 spiro atoms. The molecule has 29 heavy (non-hydrogen) atoms. The Bertz CT molecular complexity index is 1100. The summed E-state index contributed by atoms with van der Waals surface area (Å²) in [5.74, 6) is 0. The first-order valence-electron chi connectivity index (χ1n) is 9.92. The van der Waals surface area contributed by atoms with Crippen LogP contribution in [-0.4, -0.2) is 10.6 Å². The number of azo groups is 1. The molecule has 146 valence electrons. The first-order chi connectivity index (χ1) is 14.1. The first-order valence-corrected chi connectivity index (χ1v) is 9.92. The third-order valence-corrected chi connectivity index (χ3v) is 5.81. The summed E-state index contributed by atoms with van der Waals surface area (Å²) in [6.45, 7) is 0. The number of anilines is 2. The van der Waals surface area contributed by atoms with E-state index in [1.165, 1.54) is 31.4 Å². The van der Waals surface area contributed by atoms with Crippen LogP contribution in [0.2, 0.25) is 0 Å². The molecule has 1 saturated carbocycles. The molecule has 1 heterocycles. The molecule has 2 N–H and O–H groups in total. The normalized spacial score (nSPS) is 17.2. The fraction of sp³-hybridized carbons (Fsp3) is 0.273. The van der Waals surface area contributed by atoms with Crippen molar-refractivity contribution in [2.45, 2.75) is 37.8 Å². The highest BCUT2D eigenvalue weighted by Crippen LogP contribution is 2.45. The summed E-state index contributed by atoms with van der Waals surface area (Å²) in [5, 5.41) is 29.1. The molecule has 1 fully saturated rings. The number of nitrogens with zero attached hydrogens (tertiary/aromatic N) is 3. The lowest BCUT2D eigenvalue weighted by Crippen LogP contribution is -2.49. The number of rotatable bonds is 3. The summed E-state index contributed by atoms with van der Waals surface area (Å²) in [4.78, 5) is 10.4. The standard InChI is InChI=1S/C22H21N5O2/c28-27(29)16-9-7-15(8-10-16)25-26-18-11-12-20-21-17(18)5-4-6-19(21)23-22(24-20)13-2-1-3-14-22/h4-12,23-24H,1-3,13-14H2/b26-25+. The fourth-order valence-electron chi connectivity index (χ4n) is 4.39. The minimum Gasteiger partial charge on any atom is -0.362 e. The quantitative estimate of drug-likeness (QED) is 0.298. The van der Waals surface area contributed by atoms with E-state index in [4.69, 9.17) is 0 Å². The van der Waals surface area contributed by atoms with Gasteiger partial charge in [-0.05, 0) is 56.0 Å². The van der Waals surface area contributed by atoms with E-state index in [2.05, 4.69) is 39.1 Å². The van der Waals surface area contributed by atoms with E-state index in [1.807, 2.05) is 12.1 Å². The molecule has 2 aliphatic rings. The van der Waals surface area contributed by atoms with Crippen LogP contribution in [0.3, 0.4) is 0 Å². The van der Waals surface area contributed by atoms with Crippen LogP contribution in [0, 0.1) is 10.1 Å². The molecular formula is C22H21N5O2. The number of nitro benzene ring substituents is 1. The van der Waals surface area contributed by atoms with E-state index < -0.39 is 4.92 Å². The zero-order valence-electron chi connectivity index (χ0n) is 15.9. The molecule has 0 aromatic heterocycles. The van der Waals surface area contributed by atoms with Gasteiger partial charge in [-0.25, -0.2) is 0 Å². The van der Waals surface area contributed by atoms with Crippen LogP contribution in [0.5, 0.6) is 0 Å². The summed E-state index contributed by atoms with van der Waals surface area (Å²) in [6, 6.07) is 16.3. The summed E-state index contributed by atoms with van der Waals surface area (Å²) in [6.07, 6.45) is 5.98. The molecule has 0 radical (unpaired) electrons. The molecule has 0 bridgehead atoms. The number of non-ortho nitro benzene ring substituents is 1. The number of nitro groups is 1. The van der Waals surface area contributed by atoms with Gasteiger partial charge in [0.05, 0.1) is 16.3 Å². The van der Waals surface area contributed by atoms with Crippen LogP contribution >= 0.6 is 0 Å². The van der Waals surface area contributed by atoms with Gasteiger partial charge in [-0.3, -0.25) is 10.1 Å². The Labute approximate surface area is 168 Å². The van der Waals surface area contributed by atoms with Crippen LogP contribution in [0.25, 0.3) is 10.8 Å². The SMILES string of the molecule is O=[N+]([O-])c1ccc(/N=N/c2ccc3c4c(cccc24)NC2(CCCCC2)N3)cc1. The predicted molar refractivity (Wildman–Crippen MR) is 114 cm³/mol. The van der Waals surface area contributed by atoms with Gasteiger partial charge in [0, 0.05) is 34.3 Å². The first kappa shape index (κ1) is 17.6. The minimum absolute atomic E-state index is 0.0410. The number of nitrogens with one attached hydrogen (secondary N) is 2. The Kier molecular flexibility index (Phi) is 4.16. The van der Waals surface area contributed by atoms with E-state index >= 15 is 0 Å². The lowest BCUT2D eigenvalue weighted by atomic mass is 9.86. The summed E-state index contributed by atoms with van der Waals surface area (Å²) in [5.41, 5.74) is 3.59. The van der Waals surface area contributed by atoms with Gasteiger partial charge < -0.3 is 10.6 Å². The van der Waals surface area contributed by atoms with Gasteiger partial charge >= 0.3 is 0 Å². The van der Waals surface area contributed by atoms with Gasteiger partial charge in [-0.2, -0.15) is 5.11 Å². The molecule has 1 aliphatic heterocycles. The van der Waals surface area contributed by atoms with Crippen molar-refractivity contribution in [2.24, 2.45) is 10.2 Å². The third kappa shape index (κ3) is 3.18. The Balaban J connectivity index is 1.49. The van der Waals surface area contributed by atoms with Crippen LogP contribution < -0.4 is 10.6 Å². The van der Waals surface area contributed by atoms with Gasteiger partial charge in [0.25, 0.3) is 5.69 Å². The molecule has 0 atom stereocenters. The lowest BCUT2D eigenvalue weighted by Gasteiger charge is -2.44. The molecule has 3 aromatic carbocycles. The molecule has 3 aromatic rings. The highest BCUT2D eigenvalue weighted by Gasteiger charge is 2.35. The lowest BCUT2D eigenvalue weighted by molar-refractivity contribution is -0.384. The van der Waals surface area contributed by atoms with Gasteiger partial charge in [0.15, 0.2) is 0 Å². The smallest absolute Gasteiger partial charge is 0.269 e. The number of hydrogen-bond acceptors (Lipinski definition) is 6. The Hall–Kier alpha value is -3.48. The summed E-state index contributed by atoms with van der Waals surface area (Å²) < 4.78 is 0. The molecular weight excluding hydrogens is 366 g/mol. The van der Waals surface area contributed by atoms with Gasteiger partial charge in [0.1, 0.15) is 5.66 Å². The third-order valence-electron chi connectivity index (χ3n) is 5.81. The van der Waals surface area contributed by atoms with Crippen molar-refractivity contribution in [1.82, 2.24) is 0 Å². The van der Waals surface area contributed by atoms with Gasteiger partial charge in [-0.1, -0.05) is 18.6 Å². The molecule has 0 amide bonds. The van der Waals surface area contributed by atoms with E-state index in [9.17, 15) is 10.1 Å². The maximum absolute atomic E-state index is 10.8. The molecule has 7 heteroatoms. The Morgan fingerprint density at radius 3 is 2.31 bits per heavy atom. The fourth-order valence-corrected chi connectivity index (χ4v) is 4.39. The average molecular weight is 387 g/mol.